The number of hydrogen-bond donors (Lipinski definition) is 3. The van der Waals surface area contributed by atoms with Gasteiger partial charge in [-0.15, -0.1) is 0 Å². The lowest BCUT2D eigenvalue weighted by molar-refractivity contribution is -0.0412. The minimum Gasteiger partial charge on any atom is -0.390 e. The number of urea groups is 1. The fourth-order valence-corrected chi connectivity index (χ4v) is 3.32. The Bertz CT molecular complexity index is 295. The third-order valence-corrected chi connectivity index (χ3v) is 4.91. The van der Waals surface area contributed by atoms with E-state index in [2.05, 4.69) is 10.6 Å². The fraction of sp³-hybridized carbons (Fsp3) is 0.938. The van der Waals surface area contributed by atoms with Gasteiger partial charge >= 0.3 is 6.03 Å². The van der Waals surface area contributed by atoms with Crippen molar-refractivity contribution in [2.24, 2.45) is 5.92 Å². The van der Waals surface area contributed by atoms with Crippen LogP contribution in [0.5, 0.6) is 0 Å². The Balaban J connectivity index is 1.49. The monoisotopic (exact) mass is 282 g/mol. The summed E-state index contributed by atoms with van der Waals surface area (Å²) in [4.78, 5) is 11.7. The average Bonchev–Trinajstić information content (AvgIpc) is 2.68. The van der Waals surface area contributed by atoms with E-state index in [1.54, 1.807) is 0 Å². The molecule has 0 aromatic carbocycles. The molecule has 0 aromatic rings. The molecule has 0 aliphatic heterocycles. The van der Waals surface area contributed by atoms with Crippen molar-refractivity contribution in [2.45, 2.75) is 76.2 Å². The zero-order chi connectivity index (χ0) is 14.3. The highest BCUT2D eigenvalue weighted by atomic mass is 16.3. The van der Waals surface area contributed by atoms with Crippen LogP contribution < -0.4 is 10.6 Å². The summed E-state index contributed by atoms with van der Waals surface area (Å²) in [6.45, 7) is 1.48. The minimum atomic E-state index is -0.418. The molecule has 0 unspecified atom stereocenters. The topological polar surface area (TPSA) is 61.4 Å². The Morgan fingerprint density at radius 1 is 1.05 bits per heavy atom. The molecule has 2 aliphatic rings. The van der Waals surface area contributed by atoms with Gasteiger partial charge in [0.25, 0.3) is 0 Å². The van der Waals surface area contributed by atoms with Crippen molar-refractivity contribution in [3.63, 3.8) is 0 Å². The second-order valence-corrected chi connectivity index (χ2v) is 6.68. The molecule has 2 rings (SSSR count). The van der Waals surface area contributed by atoms with Gasteiger partial charge in [-0.3, -0.25) is 0 Å². The highest BCUT2D eigenvalue weighted by Gasteiger charge is 2.33. The normalized spacial score (nSPS) is 22.6. The molecule has 0 bridgehead atoms. The van der Waals surface area contributed by atoms with E-state index in [1.165, 1.54) is 38.5 Å². The summed E-state index contributed by atoms with van der Waals surface area (Å²) in [6, 6.07) is -0.0464. The highest BCUT2D eigenvalue weighted by Crippen LogP contribution is 2.35. The first-order valence-corrected chi connectivity index (χ1v) is 8.42. The zero-order valence-electron chi connectivity index (χ0n) is 12.6. The van der Waals surface area contributed by atoms with E-state index in [4.69, 9.17) is 0 Å². The number of carbonyl (C=O) groups is 1. The first kappa shape index (κ1) is 15.6. The number of carbonyl (C=O) groups excluding carboxylic acids is 1. The number of amides is 2. The molecule has 116 valence electrons. The van der Waals surface area contributed by atoms with Crippen LogP contribution in [0.2, 0.25) is 0 Å². The van der Waals surface area contributed by atoms with E-state index in [0.717, 1.165) is 38.6 Å². The van der Waals surface area contributed by atoms with Gasteiger partial charge in [-0.1, -0.05) is 25.7 Å². The molecule has 0 atom stereocenters. The van der Waals surface area contributed by atoms with Crippen LogP contribution in [-0.4, -0.2) is 29.8 Å². The van der Waals surface area contributed by atoms with Crippen molar-refractivity contribution in [2.75, 3.05) is 13.1 Å². The molecule has 2 amide bonds. The van der Waals surface area contributed by atoms with Crippen LogP contribution in [0, 0.1) is 5.92 Å². The van der Waals surface area contributed by atoms with Gasteiger partial charge in [-0.25, -0.2) is 4.79 Å². The van der Waals surface area contributed by atoms with Crippen molar-refractivity contribution in [1.29, 1.82) is 0 Å². The summed E-state index contributed by atoms with van der Waals surface area (Å²) in [7, 11) is 0. The lowest BCUT2D eigenvalue weighted by atomic mass is 9.77. The predicted molar refractivity (Wildman–Crippen MR) is 80.6 cm³/mol. The van der Waals surface area contributed by atoms with Crippen LogP contribution in [0.3, 0.4) is 0 Å². The summed E-state index contributed by atoms with van der Waals surface area (Å²) in [6.07, 6.45) is 12.5. The molecule has 0 aromatic heterocycles. The van der Waals surface area contributed by atoms with Crippen molar-refractivity contribution < 1.29 is 9.90 Å². The first-order valence-electron chi connectivity index (χ1n) is 8.42. The first-order chi connectivity index (χ1) is 9.68. The highest BCUT2D eigenvalue weighted by molar-refractivity contribution is 5.73. The largest absolute Gasteiger partial charge is 0.390 e. The zero-order valence-corrected chi connectivity index (χ0v) is 12.6. The third kappa shape index (κ3) is 5.31. The SMILES string of the molecule is O=C(NCCCC1(O)CCC1)NCC1CCCCCC1. The molecule has 0 radical (unpaired) electrons. The maximum atomic E-state index is 11.7. The predicted octanol–water partition coefficient (Wildman–Crippen LogP) is 2.95. The van der Waals surface area contributed by atoms with Crippen molar-refractivity contribution in [3.8, 4) is 0 Å². The summed E-state index contributed by atoms with van der Waals surface area (Å²) < 4.78 is 0. The Morgan fingerprint density at radius 3 is 2.35 bits per heavy atom. The Kier molecular flexibility index (Phi) is 6.14. The summed E-state index contributed by atoms with van der Waals surface area (Å²) in [5.74, 6) is 0.666. The van der Waals surface area contributed by atoms with Crippen LogP contribution in [0.25, 0.3) is 0 Å². The number of nitrogens with one attached hydrogen (secondary N) is 2. The van der Waals surface area contributed by atoms with Crippen molar-refractivity contribution >= 4 is 6.03 Å². The van der Waals surface area contributed by atoms with Crippen molar-refractivity contribution in [1.82, 2.24) is 10.6 Å². The second kappa shape index (κ2) is 7.87. The molecule has 0 spiro atoms. The summed E-state index contributed by atoms with van der Waals surface area (Å²) >= 11 is 0. The average molecular weight is 282 g/mol. The van der Waals surface area contributed by atoms with Crippen LogP contribution in [0.15, 0.2) is 0 Å². The summed E-state index contributed by atoms with van der Waals surface area (Å²) in [5.41, 5.74) is -0.418. The van der Waals surface area contributed by atoms with Crippen LogP contribution >= 0.6 is 0 Å². The Labute approximate surface area is 122 Å². The lowest BCUT2D eigenvalue weighted by Crippen LogP contribution is -2.40. The lowest BCUT2D eigenvalue weighted by Gasteiger charge is -2.36. The van der Waals surface area contributed by atoms with E-state index in [9.17, 15) is 9.90 Å². The number of rotatable bonds is 6. The molecule has 2 saturated carbocycles. The quantitative estimate of drug-likeness (QED) is 0.518. The molecule has 20 heavy (non-hydrogen) atoms. The maximum absolute atomic E-state index is 11.7. The summed E-state index contributed by atoms with van der Waals surface area (Å²) in [5, 5.41) is 15.8. The van der Waals surface area contributed by atoms with E-state index >= 15 is 0 Å². The van der Waals surface area contributed by atoms with E-state index < -0.39 is 5.60 Å². The van der Waals surface area contributed by atoms with Crippen molar-refractivity contribution in [3.05, 3.63) is 0 Å². The van der Waals surface area contributed by atoms with E-state index in [1.807, 2.05) is 0 Å². The Hall–Kier alpha value is -0.770. The number of hydrogen-bond acceptors (Lipinski definition) is 2. The Morgan fingerprint density at radius 2 is 1.75 bits per heavy atom. The molecule has 4 nitrogen and oxygen atoms in total. The molecular weight excluding hydrogens is 252 g/mol. The standard InChI is InChI=1S/C16H30N2O2/c19-15(17-12-6-11-16(20)9-5-10-16)18-13-14-7-3-1-2-4-8-14/h14,20H,1-13H2,(H2,17,18,19). The molecule has 0 heterocycles. The van der Waals surface area contributed by atoms with Crippen LogP contribution in [-0.2, 0) is 0 Å². The third-order valence-electron chi connectivity index (χ3n) is 4.91. The van der Waals surface area contributed by atoms with Gasteiger partial charge in [0, 0.05) is 13.1 Å². The van der Waals surface area contributed by atoms with Gasteiger partial charge in [-0.05, 0) is 50.9 Å². The van der Waals surface area contributed by atoms with E-state index in [0.29, 0.717) is 12.5 Å². The molecule has 0 saturated heterocycles. The minimum absolute atomic E-state index is 0.0464. The smallest absolute Gasteiger partial charge is 0.314 e. The molecule has 2 fully saturated rings. The van der Waals surface area contributed by atoms with Gasteiger partial charge in [0.2, 0.25) is 0 Å². The van der Waals surface area contributed by atoms with Gasteiger partial charge in [0.1, 0.15) is 0 Å². The van der Waals surface area contributed by atoms with Crippen LogP contribution in [0.1, 0.15) is 70.6 Å². The van der Waals surface area contributed by atoms with Gasteiger partial charge in [0.05, 0.1) is 5.60 Å². The second-order valence-electron chi connectivity index (χ2n) is 6.68. The molecule has 3 N–H and O–H groups in total. The molecule has 2 aliphatic carbocycles. The maximum Gasteiger partial charge on any atom is 0.314 e. The van der Waals surface area contributed by atoms with Gasteiger partial charge < -0.3 is 15.7 Å². The van der Waals surface area contributed by atoms with E-state index in [-0.39, 0.29) is 6.03 Å². The van der Waals surface area contributed by atoms with Gasteiger partial charge in [-0.2, -0.15) is 0 Å². The fourth-order valence-electron chi connectivity index (χ4n) is 3.32. The van der Waals surface area contributed by atoms with Crippen LogP contribution in [0.4, 0.5) is 4.79 Å². The molecule has 4 heteroatoms. The number of aliphatic hydroxyl groups is 1. The van der Waals surface area contributed by atoms with Gasteiger partial charge in [0.15, 0.2) is 0 Å². The molecular formula is C16H30N2O2.